The molecular formula is C10H17NO3S. The maximum absolute atomic E-state index is 12.0. The summed E-state index contributed by atoms with van der Waals surface area (Å²) < 4.78 is 23.5. The number of likely N-dealkylation sites (tertiary alicyclic amines) is 1. The third kappa shape index (κ3) is 2.17. The third-order valence-corrected chi connectivity index (χ3v) is 5.43. The maximum Gasteiger partial charge on any atom is 0.240 e. The van der Waals surface area contributed by atoms with Crippen LogP contribution in [0.25, 0.3) is 0 Å². The summed E-state index contributed by atoms with van der Waals surface area (Å²) in [5.74, 6) is 0.0456. The average molecular weight is 231 g/mol. The second kappa shape index (κ2) is 4.12. The van der Waals surface area contributed by atoms with E-state index in [9.17, 15) is 13.2 Å². The minimum atomic E-state index is -3.15. The van der Waals surface area contributed by atoms with Gasteiger partial charge in [0, 0.05) is 13.1 Å². The van der Waals surface area contributed by atoms with Crippen molar-refractivity contribution in [3.8, 4) is 0 Å². The predicted molar refractivity (Wildman–Crippen MR) is 57.2 cm³/mol. The van der Waals surface area contributed by atoms with Crippen LogP contribution in [0.4, 0.5) is 0 Å². The summed E-state index contributed by atoms with van der Waals surface area (Å²) in [6, 6.07) is 0. The van der Waals surface area contributed by atoms with E-state index >= 15 is 0 Å². The van der Waals surface area contributed by atoms with Crippen molar-refractivity contribution in [1.82, 2.24) is 4.90 Å². The van der Waals surface area contributed by atoms with Crippen LogP contribution in [-0.2, 0) is 14.6 Å². The summed E-state index contributed by atoms with van der Waals surface area (Å²) in [6.07, 6.45) is 4.13. The fourth-order valence-electron chi connectivity index (χ4n) is 2.37. The first-order valence-electron chi connectivity index (χ1n) is 5.61. The lowest BCUT2D eigenvalue weighted by molar-refractivity contribution is -0.129. The molecule has 2 rings (SSSR count). The molecule has 0 bridgehead atoms. The number of rotatable bonds is 1. The van der Waals surface area contributed by atoms with E-state index in [1.54, 1.807) is 4.90 Å². The topological polar surface area (TPSA) is 54.5 Å². The Morgan fingerprint density at radius 2 is 1.73 bits per heavy atom. The van der Waals surface area contributed by atoms with Crippen molar-refractivity contribution in [3.63, 3.8) is 0 Å². The Morgan fingerprint density at radius 1 is 1.07 bits per heavy atom. The highest BCUT2D eigenvalue weighted by atomic mass is 32.2. The van der Waals surface area contributed by atoms with Crippen molar-refractivity contribution >= 4 is 15.7 Å². The number of nitrogens with zero attached hydrogens (tertiary/aromatic N) is 1. The Morgan fingerprint density at radius 3 is 2.33 bits per heavy atom. The highest BCUT2D eigenvalue weighted by Crippen LogP contribution is 2.23. The standard InChI is InChI=1S/C10H17NO3S/c12-10(11-6-2-3-7-11)9-5-1-4-8-15(9,13)14/h9H,1-8H2. The molecule has 1 amide bonds. The molecule has 2 fully saturated rings. The van der Waals surface area contributed by atoms with Crippen molar-refractivity contribution in [3.05, 3.63) is 0 Å². The van der Waals surface area contributed by atoms with Crippen LogP contribution in [0.1, 0.15) is 32.1 Å². The highest BCUT2D eigenvalue weighted by molar-refractivity contribution is 7.92. The fraction of sp³-hybridized carbons (Fsp3) is 0.900. The normalized spacial score (nSPS) is 30.4. The number of carbonyl (C=O) groups excluding carboxylic acids is 1. The van der Waals surface area contributed by atoms with E-state index in [0.29, 0.717) is 12.8 Å². The molecule has 86 valence electrons. The number of hydrogen-bond acceptors (Lipinski definition) is 3. The van der Waals surface area contributed by atoms with Gasteiger partial charge in [-0.1, -0.05) is 6.42 Å². The predicted octanol–water partition coefficient (Wildman–Crippen LogP) is 0.576. The zero-order valence-corrected chi connectivity index (χ0v) is 9.63. The number of sulfone groups is 1. The quantitative estimate of drug-likeness (QED) is 0.663. The molecule has 2 aliphatic heterocycles. The fourth-order valence-corrected chi connectivity index (χ4v) is 4.25. The molecular weight excluding hydrogens is 214 g/mol. The van der Waals surface area contributed by atoms with Gasteiger partial charge in [-0.25, -0.2) is 8.42 Å². The smallest absolute Gasteiger partial charge is 0.240 e. The van der Waals surface area contributed by atoms with E-state index in [2.05, 4.69) is 0 Å². The lowest BCUT2D eigenvalue weighted by Gasteiger charge is -2.25. The van der Waals surface area contributed by atoms with E-state index in [0.717, 1.165) is 32.4 Å². The first-order chi connectivity index (χ1) is 7.11. The molecule has 0 saturated carbocycles. The summed E-state index contributed by atoms with van der Waals surface area (Å²) >= 11 is 0. The van der Waals surface area contributed by atoms with Crippen molar-refractivity contribution in [2.24, 2.45) is 0 Å². The Bertz CT molecular complexity index is 344. The molecule has 0 N–H and O–H groups in total. The van der Waals surface area contributed by atoms with E-state index < -0.39 is 15.1 Å². The van der Waals surface area contributed by atoms with Crippen molar-refractivity contribution in [2.75, 3.05) is 18.8 Å². The van der Waals surface area contributed by atoms with Crippen LogP contribution in [0, 0.1) is 0 Å². The van der Waals surface area contributed by atoms with Gasteiger partial charge in [0.2, 0.25) is 5.91 Å². The largest absolute Gasteiger partial charge is 0.342 e. The molecule has 0 aliphatic carbocycles. The molecule has 2 saturated heterocycles. The summed E-state index contributed by atoms with van der Waals surface area (Å²) in [7, 11) is -3.15. The number of hydrogen-bond donors (Lipinski definition) is 0. The summed E-state index contributed by atoms with van der Waals surface area (Å²) in [5.41, 5.74) is 0. The monoisotopic (exact) mass is 231 g/mol. The van der Waals surface area contributed by atoms with E-state index in [1.807, 2.05) is 0 Å². The zero-order valence-electron chi connectivity index (χ0n) is 8.81. The number of carbonyl (C=O) groups is 1. The molecule has 2 heterocycles. The SMILES string of the molecule is O=C(C1CCCCS1(=O)=O)N1CCCC1. The van der Waals surface area contributed by atoms with Gasteiger partial charge in [0.1, 0.15) is 5.25 Å². The highest BCUT2D eigenvalue weighted by Gasteiger charge is 2.37. The maximum atomic E-state index is 12.0. The van der Waals surface area contributed by atoms with Gasteiger partial charge in [0.25, 0.3) is 0 Å². The van der Waals surface area contributed by atoms with Gasteiger partial charge in [0.15, 0.2) is 9.84 Å². The Balaban J connectivity index is 2.11. The minimum absolute atomic E-state index is 0.146. The molecule has 15 heavy (non-hydrogen) atoms. The van der Waals surface area contributed by atoms with Gasteiger partial charge < -0.3 is 4.90 Å². The lowest BCUT2D eigenvalue weighted by Crippen LogP contribution is -2.44. The third-order valence-electron chi connectivity index (χ3n) is 3.27. The van der Waals surface area contributed by atoms with E-state index in [4.69, 9.17) is 0 Å². The second-order valence-corrected chi connectivity index (χ2v) is 6.69. The molecule has 1 unspecified atom stereocenters. The van der Waals surface area contributed by atoms with Gasteiger partial charge in [-0.05, 0) is 25.7 Å². The van der Waals surface area contributed by atoms with Crippen LogP contribution < -0.4 is 0 Å². The zero-order chi connectivity index (χ0) is 10.9. The first-order valence-corrected chi connectivity index (χ1v) is 7.33. The van der Waals surface area contributed by atoms with Crippen LogP contribution in [-0.4, -0.2) is 43.3 Å². The molecule has 0 radical (unpaired) electrons. The van der Waals surface area contributed by atoms with Crippen LogP contribution in [0.3, 0.4) is 0 Å². The van der Waals surface area contributed by atoms with Crippen molar-refractivity contribution in [1.29, 1.82) is 0 Å². The second-order valence-electron chi connectivity index (χ2n) is 4.38. The van der Waals surface area contributed by atoms with Crippen molar-refractivity contribution in [2.45, 2.75) is 37.4 Å². The van der Waals surface area contributed by atoms with Crippen LogP contribution in [0.2, 0.25) is 0 Å². The molecule has 0 aromatic rings. The van der Waals surface area contributed by atoms with Crippen molar-refractivity contribution < 1.29 is 13.2 Å². The van der Waals surface area contributed by atoms with Crippen LogP contribution in [0.15, 0.2) is 0 Å². The molecule has 0 aromatic carbocycles. The van der Waals surface area contributed by atoms with Gasteiger partial charge in [-0.3, -0.25) is 4.79 Å². The van der Waals surface area contributed by atoms with Gasteiger partial charge >= 0.3 is 0 Å². The molecule has 0 spiro atoms. The van der Waals surface area contributed by atoms with Gasteiger partial charge in [0.05, 0.1) is 5.75 Å². The average Bonchev–Trinajstić information content (AvgIpc) is 2.69. The van der Waals surface area contributed by atoms with Gasteiger partial charge in [-0.15, -0.1) is 0 Å². The Hall–Kier alpha value is -0.580. The van der Waals surface area contributed by atoms with Crippen LogP contribution >= 0.6 is 0 Å². The van der Waals surface area contributed by atoms with E-state index in [1.165, 1.54) is 0 Å². The molecule has 4 nitrogen and oxygen atoms in total. The van der Waals surface area contributed by atoms with Gasteiger partial charge in [-0.2, -0.15) is 0 Å². The first kappa shape index (κ1) is 10.9. The molecule has 2 aliphatic rings. The van der Waals surface area contributed by atoms with Crippen LogP contribution in [0.5, 0.6) is 0 Å². The molecule has 5 heteroatoms. The molecule has 1 atom stereocenters. The lowest BCUT2D eigenvalue weighted by atomic mass is 10.2. The summed E-state index contributed by atoms with van der Waals surface area (Å²) in [4.78, 5) is 13.7. The minimum Gasteiger partial charge on any atom is -0.342 e. The van der Waals surface area contributed by atoms with E-state index in [-0.39, 0.29) is 11.7 Å². The Kier molecular flexibility index (Phi) is 3.00. The molecule has 0 aromatic heterocycles. The number of amides is 1. The summed E-state index contributed by atoms with van der Waals surface area (Å²) in [6.45, 7) is 1.48. The Labute approximate surface area is 90.6 Å². The summed E-state index contributed by atoms with van der Waals surface area (Å²) in [5, 5.41) is -0.732.